The number of rotatable bonds is 7. The summed E-state index contributed by atoms with van der Waals surface area (Å²) in [6.07, 6.45) is 0. The highest BCUT2D eigenvalue weighted by Crippen LogP contribution is 2.23. The second-order valence-corrected chi connectivity index (χ2v) is 4.91. The fourth-order valence-electron chi connectivity index (χ4n) is 1.72. The number of anilines is 1. The first-order valence-electron chi connectivity index (χ1n) is 6.55. The van der Waals surface area contributed by atoms with Crippen molar-refractivity contribution in [1.82, 2.24) is 0 Å². The zero-order valence-electron chi connectivity index (χ0n) is 12.0. The highest BCUT2D eigenvalue weighted by molar-refractivity contribution is 5.57. The minimum atomic E-state index is -0.377. The molecular formula is C14H22N2O3. The molecular weight excluding hydrogens is 244 g/mol. The summed E-state index contributed by atoms with van der Waals surface area (Å²) in [6, 6.07) is 5.00. The maximum atomic E-state index is 10.8. The Morgan fingerprint density at radius 1 is 1.42 bits per heavy atom. The van der Waals surface area contributed by atoms with Crippen molar-refractivity contribution in [3.05, 3.63) is 33.9 Å². The first-order chi connectivity index (χ1) is 8.95. The second-order valence-electron chi connectivity index (χ2n) is 4.91. The minimum absolute atomic E-state index is 0.104. The molecule has 0 saturated carbocycles. The number of nitro groups is 1. The third kappa shape index (κ3) is 4.52. The van der Waals surface area contributed by atoms with Gasteiger partial charge in [-0.25, -0.2) is 0 Å². The van der Waals surface area contributed by atoms with E-state index in [0.29, 0.717) is 19.1 Å². The van der Waals surface area contributed by atoms with Crippen molar-refractivity contribution in [3.63, 3.8) is 0 Å². The number of hydrogen-bond donors (Lipinski definition) is 1. The van der Waals surface area contributed by atoms with E-state index in [1.807, 2.05) is 13.8 Å². The van der Waals surface area contributed by atoms with Crippen LogP contribution >= 0.6 is 0 Å². The standard InChI is InChI=1S/C14H22N2O3/c1-5-19-9-14(10(2)3)15-13-8-12(16(17)18)7-6-11(13)4/h6-8,10,14-15H,5,9H2,1-4H3. The molecule has 0 bridgehead atoms. The summed E-state index contributed by atoms with van der Waals surface area (Å²) in [5.74, 6) is 0.380. The van der Waals surface area contributed by atoms with E-state index in [9.17, 15) is 10.1 Å². The molecule has 0 aliphatic carbocycles. The zero-order valence-corrected chi connectivity index (χ0v) is 12.0. The summed E-state index contributed by atoms with van der Waals surface area (Å²) < 4.78 is 5.45. The maximum absolute atomic E-state index is 10.8. The topological polar surface area (TPSA) is 64.4 Å². The van der Waals surface area contributed by atoms with Gasteiger partial charge in [0.2, 0.25) is 0 Å². The Hall–Kier alpha value is -1.62. The molecule has 1 aromatic rings. The van der Waals surface area contributed by atoms with Crippen LogP contribution in [0.25, 0.3) is 0 Å². The quantitative estimate of drug-likeness (QED) is 0.607. The van der Waals surface area contributed by atoms with E-state index in [2.05, 4.69) is 19.2 Å². The molecule has 106 valence electrons. The lowest BCUT2D eigenvalue weighted by Gasteiger charge is -2.24. The third-order valence-corrected chi connectivity index (χ3v) is 3.08. The molecule has 0 fully saturated rings. The van der Waals surface area contributed by atoms with E-state index in [4.69, 9.17) is 4.74 Å². The number of nitrogens with zero attached hydrogens (tertiary/aromatic N) is 1. The Bertz CT molecular complexity index is 433. The normalized spacial score (nSPS) is 12.5. The molecule has 1 atom stereocenters. The molecule has 0 saturated heterocycles. The van der Waals surface area contributed by atoms with Crippen LogP contribution < -0.4 is 5.32 Å². The van der Waals surface area contributed by atoms with Gasteiger partial charge in [0.05, 0.1) is 17.6 Å². The predicted octanol–water partition coefficient (Wildman–Crippen LogP) is 3.38. The fourth-order valence-corrected chi connectivity index (χ4v) is 1.72. The van der Waals surface area contributed by atoms with E-state index in [1.165, 1.54) is 6.07 Å². The summed E-state index contributed by atoms with van der Waals surface area (Å²) in [6.45, 7) is 9.35. The average Bonchev–Trinajstić information content (AvgIpc) is 2.35. The molecule has 0 aromatic heterocycles. The lowest BCUT2D eigenvalue weighted by molar-refractivity contribution is -0.384. The van der Waals surface area contributed by atoms with Gasteiger partial charge >= 0.3 is 0 Å². The van der Waals surface area contributed by atoms with Crippen LogP contribution in [0.5, 0.6) is 0 Å². The van der Waals surface area contributed by atoms with Crippen LogP contribution in [-0.2, 0) is 4.74 Å². The molecule has 0 aliphatic heterocycles. The van der Waals surface area contributed by atoms with Gasteiger partial charge in [0, 0.05) is 24.4 Å². The van der Waals surface area contributed by atoms with Crippen LogP contribution in [-0.4, -0.2) is 24.2 Å². The van der Waals surface area contributed by atoms with Gasteiger partial charge in [-0.1, -0.05) is 19.9 Å². The second kappa shape index (κ2) is 7.09. The summed E-state index contributed by atoms with van der Waals surface area (Å²) in [4.78, 5) is 10.4. The Balaban J connectivity index is 2.88. The first kappa shape index (κ1) is 15.4. The lowest BCUT2D eigenvalue weighted by Crippen LogP contribution is -2.31. The number of benzene rings is 1. The molecule has 5 nitrogen and oxygen atoms in total. The fraction of sp³-hybridized carbons (Fsp3) is 0.571. The molecule has 0 heterocycles. The molecule has 1 rings (SSSR count). The first-order valence-corrected chi connectivity index (χ1v) is 6.55. The molecule has 5 heteroatoms. The van der Waals surface area contributed by atoms with Crippen LogP contribution in [0, 0.1) is 23.0 Å². The Labute approximate surface area is 114 Å². The van der Waals surface area contributed by atoms with Gasteiger partial charge < -0.3 is 10.1 Å². The van der Waals surface area contributed by atoms with Crippen molar-refractivity contribution in [1.29, 1.82) is 0 Å². The molecule has 0 amide bonds. The SMILES string of the molecule is CCOCC(Nc1cc([N+](=O)[O-])ccc1C)C(C)C. The van der Waals surface area contributed by atoms with Crippen LogP contribution in [0.15, 0.2) is 18.2 Å². The third-order valence-electron chi connectivity index (χ3n) is 3.08. The van der Waals surface area contributed by atoms with Crippen molar-refractivity contribution in [2.75, 3.05) is 18.5 Å². The summed E-state index contributed by atoms with van der Waals surface area (Å²) in [7, 11) is 0. The summed E-state index contributed by atoms with van der Waals surface area (Å²) in [5, 5.41) is 14.2. The van der Waals surface area contributed by atoms with E-state index in [1.54, 1.807) is 12.1 Å². The van der Waals surface area contributed by atoms with Gasteiger partial charge in [0.15, 0.2) is 0 Å². The number of ether oxygens (including phenoxy) is 1. The van der Waals surface area contributed by atoms with Gasteiger partial charge in [-0.3, -0.25) is 10.1 Å². The minimum Gasteiger partial charge on any atom is -0.380 e. The Morgan fingerprint density at radius 3 is 2.63 bits per heavy atom. The molecule has 1 N–H and O–H groups in total. The molecule has 19 heavy (non-hydrogen) atoms. The van der Waals surface area contributed by atoms with Crippen molar-refractivity contribution >= 4 is 11.4 Å². The van der Waals surface area contributed by atoms with Gasteiger partial charge in [0.1, 0.15) is 0 Å². The van der Waals surface area contributed by atoms with Gasteiger partial charge in [-0.05, 0) is 25.3 Å². The van der Waals surface area contributed by atoms with Crippen molar-refractivity contribution in [2.45, 2.75) is 33.7 Å². The van der Waals surface area contributed by atoms with Crippen LogP contribution in [0.3, 0.4) is 0 Å². The van der Waals surface area contributed by atoms with Crippen molar-refractivity contribution in [2.24, 2.45) is 5.92 Å². The van der Waals surface area contributed by atoms with E-state index in [0.717, 1.165) is 11.3 Å². The summed E-state index contributed by atoms with van der Waals surface area (Å²) >= 11 is 0. The van der Waals surface area contributed by atoms with Gasteiger partial charge in [-0.15, -0.1) is 0 Å². The number of hydrogen-bond acceptors (Lipinski definition) is 4. The monoisotopic (exact) mass is 266 g/mol. The highest BCUT2D eigenvalue weighted by atomic mass is 16.6. The highest BCUT2D eigenvalue weighted by Gasteiger charge is 2.16. The lowest BCUT2D eigenvalue weighted by atomic mass is 10.0. The molecule has 1 aromatic carbocycles. The molecule has 0 aliphatic rings. The Kier molecular flexibility index (Phi) is 5.76. The van der Waals surface area contributed by atoms with Gasteiger partial charge in [0.25, 0.3) is 5.69 Å². The van der Waals surface area contributed by atoms with Gasteiger partial charge in [-0.2, -0.15) is 0 Å². The van der Waals surface area contributed by atoms with E-state index >= 15 is 0 Å². The number of nitrogens with one attached hydrogen (secondary N) is 1. The largest absolute Gasteiger partial charge is 0.380 e. The molecule has 1 unspecified atom stereocenters. The van der Waals surface area contributed by atoms with Crippen LogP contribution in [0.1, 0.15) is 26.3 Å². The van der Waals surface area contributed by atoms with Crippen molar-refractivity contribution in [3.8, 4) is 0 Å². The molecule has 0 radical (unpaired) electrons. The smallest absolute Gasteiger partial charge is 0.271 e. The predicted molar refractivity (Wildman–Crippen MR) is 76.6 cm³/mol. The Morgan fingerprint density at radius 2 is 2.11 bits per heavy atom. The number of nitro benzene ring substituents is 1. The van der Waals surface area contributed by atoms with Crippen LogP contribution in [0.2, 0.25) is 0 Å². The summed E-state index contributed by atoms with van der Waals surface area (Å²) in [5.41, 5.74) is 1.90. The van der Waals surface area contributed by atoms with Crippen molar-refractivity contribution < 1.29 is 9.66 Å². The number of non-ortho nitro benzene ring substituents is 1. The number of aryl methyl sites for hydroxylation is 1. The average molecular weight is 266 g/mol. The van der Waals surface area contributed by atoms with E-state index in [-0.39, 0.29) is 16.7 Å². The molecule has 0 spiro atoms. The van der Waals surface area contributed by atoms with E-state index < -0.39 is 0 Å². The zero-order chi connectivity index (χ0) is 14.4. The van der Waals surface area contributed by atoms with Crippen LogP contribution in [0.4, 0.5) is 11.4 Å². The maximum Gasteiger partial charge on any atom is 0.271 e.